The van der Waals surface area contributed by atoms with Gasteiger partial charge in [-0.1, -0.05) is 25.0 Å². The highest BCUT2D eigenvalue weighted by Gasteiger charge is 2.39. The Labute approximate surface area is 135 Å². The van der Waals surface area contributed by atoms with E-state index < -0.39 is 0 Å². The van der Waals surface area contributed by atoms with Crippen LogP contribution in [0.4, 0.5) is 0 Å². The predicted octanol–water partition coefficient (Wildman–Crippen LogP) is 0.553. The maximum absolute atomic E-state index is 12.6. The van der Waals surface area contributed by atoms with Crippen molar-refractivity contribution < 1.29 is 9.59 Å². The van der Waals surface area contributed by atoms with Gasteiger partial charge < -0.3 is 9.80 Å². The first kappa shape index (κ1) is 15.9. The molecule has 126 valence electrons. The summed E-state index contributed by atoms with van der Waals surface area (Å²) in [4.78, 5) is 28.5. The first-order valence-corrected chi connectivity index (χ1v) is 8.34. The van der Waals surface area contributed by atoms with E-state index in [1.165, 1.54) is 12.8 Å². The first-order valence-electron chi connectivity index (χ1n) is 8.34. The zero-order chi connectivity index (χ0) is 16.4. The minimum Gasteiger partial charge on any atom is -0.345 e. The quantitative estimate of drug-likeness (QED) is 0.855. The summed E-state index contributed by atoms with van der Waals surface area (Å²) < 4.78 is 0. The molecule has 2 amide bonds. The Kier molecular flexibility index (Phi) is 4.58. The lowest BCUT2D eigenvalue weighted by Crippen LogP contribution is -2.38. The summed E-state index contributed by atoms with van der Waals surface area (Å²) in [5, 5.41) is 13.9. The van der Waals surface area contributed by atoms with Crippen LogP contribution < -0.4 is 0 Å². The minimum atomic E-state index is -0.217. The fraction of sp³-hybridized carbons (Fsp3) is 0.800. The van der Waals surface area contributed by atoms with Gasteiger partial charge in [-0.25, -0.2) is 0 Å². The summed E-state index contributed by atoms with van der Waals surface area (Å²) in [6, 6.07) is 0.351. The molecular formula is C15H24N6O2. The molecule has 0 radical (unpaired) electrons. The Hall–Kier alpha value is -1.99. The summed E-state index contributed by atoms with van der Waals surface area (Å²) in [5.74, 6) is 0.556. The summed E-state index contributed by atoms with van der Waals surface area (Å²) in [7, 11) is 1.78. The number of likely N-dealkylation sites (N-methyl/N-ethyl adjacent to an activating group) is 1. The van der Waals surface area contributed by atoms with Gasteiger partial charge >= 0.3 is 0 Å². The highest BCUT2D eigenvalue weighted by Crippen LogP contribution is 2.30. The molecule has 2 aliphatic rings. The average molecular weight is 320 g/mol. The SMILES string of the molecule is C[C@@H](CN(C)C(=O)[C@@H]1CC(=O)N(C2CCCC2)C1)c1nn[nH]n1. The van der Waals surface area contributed by atoms with E-state index in [9.17, 15) is 9.59 Å². The summed E-state index contributed by atoms with van der Waals surface area (Å²) in [5.41, 5.74) is 0. The summed E-state index contributed by atoms with van der Waals surface area (Å²) >= 11 is 0. The molecule has 2 fully saturated rings. The minimum absolute atomic E-state index is 0.00531. The number of carbonyl (C=O) groups is 2. The van der Waals surface area contributed by atoms with E-state index in [4.69, 9.17) is 0 Å². The number of hydrogen-bond acceptors (Lipinski definition) is 5. The number of H-pyrrole nitrogens is 1. The molecule has 1 aliphatic heterocycles. The number of rotatable bonds is 5. The van der Waals surface area contributed by atoms with Gasteiger partial charge in [-0.2, -0.15) is 5.21 Å². The Morgan fingerprint density at radius 2 is 2.17 bits per heavy atom. The molecule has 1 saturated heterocycles. The maximum Gasteiger partial charge on any atom is 0.227 e. The van der Waals surface area contributed by atoms with Gasteiger partial charge in [0.2, 0.25) is 11.8 Å². The zero-order valence-corrected chi connectivity index (χ0v) is 13.7. The molecule has 1 aromatic heterocycles. The van der Waals surface area contributed by atoms with Crippen LogP contribution in [0.3, 0.4) is 0 Å². The fourth-order valence-electron chi connectivity index (χ4n) is 3.74. The third-order valence-corrected chi connectivity index (χ3v) is 5.00. The Morgan fingerprint density at radius 3 is 2.83 bits per heavy atom. The van der Waals surface area contributed by atoms with Crippen LogP contribution in [0.1, 0.15) is 50.8 Å². The zero-order valence-electron chi connectivity index (χ0n) is 13.7. The second-order valence-electron chi connectivity index (χ2n) is 6.78. The van der Waals surface area contributed by atoms with Crippen molar-refractivity contribution in [3.63, 3.8) is 0 Å². The van der Waals surface area contributed by atoms with E-state index in [1.54, 1.807) is 11.9 Å². The van der Waals surface area contributed by atoms with Crippen LogP contribution >= 0.6 is 0 Å². The van der Waals surface area contributed by atoms with E-state index in [-0.39, 0.29) is 23.7 Å². The lowest BCUT2D eigenvalue weighted by Gasteiger charge is -2.25. The smallest absolute Gasteiger partial charge is 0.227 e. The molecule has 23 heavy (non-hydrogen) atoms. The molecule has 0 bridgehead atoms. The number of nitrogens with one attached hydrogen (secondary N) is 1. The molecule has 1 saturated carbocycles. The van der Waals surface area contributed by atoms with Crippen LogP contribution in [-0.2, 0) is 9.59 Å². The molecule has 1 N–H and O–H groups in total. The van der Waals surface area contributed by atoms with Crippen LogP contribution in [0.2, 0.25) is 0 Å². The Bertz CT molecular complexity index is 554. The van der Waals surface area contributed by atoms with Crippen LogP contribution in [0.15, 0.2) is 0 Å². The van der Waals surface area contributed by atoms with Gasteiger partial charge in [-0.3, -0.25) is 9.59 Å². The normalized spacial score (nSPS) is 23.5. The van der Waals surface area contributed by atoms with Crippen LogP contribution in [0.25, 0.3) is 0 Å². The van der Waals surface area contributed by atoms with Crippen molar-refractivity contribution in [3.8, 4) is 0 Å². The first-order chi connectivity index (χ1) is 11.1. The Balaban J connectivity index is 1.56. The predicted molar refractivity (Wildman–Crippen MR) is 82.3 cm³/mol. The largest absolute Gasteiger partial charge is 0.345 e. The van der Waals surface area contributed by atoms with E-state index in [1.807, 2.05) is 11.8 Å². The van der Waals surface area contributed by atoms with Gasteiger partial charge in [0.1, 0.15) is 0 Å². The standard InChI is InChI=1S/C15H24N6O2/c1-10(14-16-18-19-17-14)8-20(2)15(23)11-7-13(22)21(9-11)12-5-3-4-6-12/h10-12H,3-9H2,1-2H3,(H,16,17,18,19)/t10-,11+/m0/s1. The molecule has 8 heteroatoms. The average Bonchev–Trinajstić information content (AvgIpc) is 3.27. The number of likely N-dealkylation sites (tertiary alicyclic amines) is 1. The van der Waals surface area contributed by atoms with Crippen molar-refractivity contribution >= 4 is 11.8 Å². The van der Waals surface area contributed by atoms with Gasteiger partial charge in [0.25, 0.3) is 0 Å². The van der Waals surface area contributed by atoms with E-state index >= 15 is 0 Å². The van der Waals surface area contributed by atoms with Crippen LogP contribution in [0.5, 0.6) is 0 Å². The highest BCUT2D eigenvalue weighted by molar-refractivity contribution is 5.89. The van der Waals surface area contributed by atoms with Gasteiger partial charge in [0, 0.05) is 38.5 Å². The van der Waals surface area contributed by atoms with E-state index in [0.29, 0.717) is 31.4 Å². The summed E-state index contributed by atoms with van der Waals surface area (Å²) in [6.45, 7) is 3.05. The maximum atomic E-state index is 12.6. The van der Waals surface area contributed by atoms with Gasteiger partial charge in [0.05, 0.1) is 5.92 Å². The monoisotopic (exact) mass is 320 g/mol. The van der Waals surface area contributed by atoms with Crippen molar-refractivity contribution in [1.82, 2.24) is 30.4 Å². The van der Waals surface area contributed by atoms with E-state index in [0.717, 1.165) is 12.8 Å². The van der Waals surface area contributed by atoms with Crippen LogP contribution in [-0.4, -0.2) is 68.4 Å². The molecule has 0 spiro atoms. The van der Waals surface area contributed by atoms with Crippen molar-refractivity contribution in [2.75, 3.05) is 20.1 Å². The van der Waals surface area contributed by atoms with Gasteiger partial charge in [0.15, 0.2) is 5.82 Å². The second kappa shape index (κ2) is 6.64. The number of nitrogens with zero attached hydrogens (tertiary/aromatic N) is 5. The number of aromatic nitrogens is 4. The molecule has 0 aromatic carbocycles. The topological polar surface area (TPSA) is 95.1 Å². The highest BCUT2D eigenvalue weighted by atomic mass is 16.2. The van der Waals surface area contributed by atoms with Gasteiger partial charge in [-0.15, -0.1) is 10.2 Å². The number of tetrazole rings is 1. The van der Waals surface area contributed by atoms with Crippen molar-refractivity contribution in [2.45, 2.75) is 51.0 Å². The van der Waals surface area contributed by atoms with Crippen molar-refractivity contribution in [3.05, 3.63) is 5.82 Å². The lowest BCUT2D eigenvalue weighted by molar-refractivity contribution is -0.134. The van der Waals surface area contributed by atoms with Crippen LogP contribution in [0, 0.1) is 5.92 Å². The molecule has 8 nitrogen and oxygen atoms in total. The lowest BCUT2D eigenvalue weighted by atomic mass is 10.1. The third-order valence-electron chi connectivity index (χ3n) is 5.00. The number of carbonyl (C=O) groups excluding carboxylic acids is 2. The molecule has 1 aliphatic carbocycles. The molecule has 0 unspecified atom stereocenters. The molecule has 2 heterocycles. The van der Waals surface area contributed by atoms with Crippen molar-refractivity contribution in [1.29, 1.82) is 0 Å². The number of amides is 2. The van der Waals surface area contributed by atoms with E-state index in [2.05, 4.69) is 20.6 Å². The molecule has 3 rings (SSSR count). The third kappa shape index (κ3) is 3.35. The fourth-order valence-corrected chi connectivity index (χ4v) is 3.74. The molecule has 2 atom stereocenters. The molecule has 1 aromatic rings. The number of hydrogen-bond donors (Lipinski definition) is 1. The second-order valence-corrected chi connectivity index (χ2v) is 6.78. The molecular weight excluding hydrogens is 296 g/mol. The van der Waals surface area contributed by atoms with Gasteiger partial charge in [-0.05, 0) is 12.8 Å². The van der Waals surface area contributed by atoms with Crippen molar-refractivity contribution in [2.24, 2.45) is 5.92 Å². The number of aromatic amines is 1. The Morgan fingerprint density at radius 1 is 1.43 bits per heavy atom. The summed E-state index contributed by atoms with van der Waals surface area (Å²) in [6.07, 6.45) is 4.88.